The van der Waals surface area contributed by atoms with Crippen molar-refractivity contribution in [1.82, 2.24) is 5.32 Å². The molecule has 0 aliphatic carbocycles. The maximum Gasteiger partial charge on any atom is 0.220 e. The van der Waals surface area contributed by atoms with Gasteiger partial charge in [-0.05, 0) is 63.1 Å². The number of Topliss-reactive ketones (excluding diaryl/α,β-unsaturated/α-hetero) is 1. The fraction of sp³-hybridized carbons (Fsp3) is 0.364. The minimum atomic E-state index is -0.585. The zero-order valence-corrected chi connectivity index (χ0v) is 18.5. The van der Waals surface area contributed by atoms with Gasteiger partial charge in [-0.2, -0.15) is 0 Å². The predicted molar refractivity (Wildman–Crippen MR) is 115 cm³/mol. The molecule has 0 spiro atoms. The molecule has 0 aromatic heterocycles. The Morgan fingerprint density at radius 3 is 2.38 bits per heavy atom. The summed E-state index contributed by atoms with van der Waals surface area (Å²) in [6, 6.07) is 10.3. The zero-order valence-electron chi connectivity index (χ0n) is 17.0. The van der Waals surface area contributed by atoms with E-state index in [2.05, 4.69) is 5.32 Å². The van der Waals surface area contributed by atoms with Gasteiger partial charge < -0.3 is 14.8 Å². The molecule has 0 unspecified atom stereocenters. The molecule has 0 atom stereocenters. The van der Waals surface area contributed by atoms with Crippen LogP contribution in [-0.4, -0.2) is 25.4 Å². The normalized spacial score (nSPS) is 11.1. The lowest BCUT2D eigenvalue weighted by Crippen LogP contribution is -2.41. The highest BCUT2D eigenvalue weighted by Crippen LogP contribution is 2.29. The van der Waals surface area contributed by atoms with Gasteiger partial charge in [0.25, 0.3) is 0 Å². The highest BCUT2D eigenvalue weighted by molar-refractivity contribution is 6.42. The highest BCUT2D eigenvalue weighted by Gasteiger charge is 2.23. The largest absolute Gasteiger partial charge is 0.493 e. The second kappa shape index (κ2) is 9.99. The molecule has 1 N–H and O–H groups in total. The molecule has 2 aromatic carbocycles. The summed E-state index contributed by atoms with van der Waals surface area (Å²) in [6.07, 6.45) is 0.833. The van der Waals surface area contributed by atoms with E-state index in [4.69, 9.17) is 32.7 Å². The van der Waals surface area contributed by atoms with E-state index in [1.54, 1.807) is 30.3 Å². The summed E-state index contributed by atoms with van der Waals surface area (Å²) in [4.78, 5) is 23.8. The molecule has 0 aliphatic rings. The lowest BCUT2D eigenvalue weighted by atomic mass is 9.94. The van der Waals surface area contributed by atoms with E-state index in [0.29, 0.717) is 46.6 Å². The van der Waals surface area contributed by atoms with Crippen LogP contribution in [0.2, 0.25) is 10.0 Å². The van der Waals surface area contributed by atoms with Crippen LogP contribution >= 0.6 is 23.2 Å². The minimum absolute atomic E-state index is 0.0453. The second-order valence-electron chi connectivity index (χ2n) is 7.18. The number of amides is 1. The lowest BCUT2D eigenvalue weighted by Gasteiger charge is -2.27. The number of ether oxygens (including phenoxy) is 2. The molecule has 29 heavy (non-hydrogen) atoms. The summed E-state index contributed by atoms with van der Waals surface area (Å²) >= 11 is 12.0. The van der Waals surface area contributed by atoms with Crippen molar-refractivity contribution in [1.29, 1.82) is 0 Å². The fourth-order valence-electron chi connectivity index (χ4n) is 2.79. The summed E-state index contributed by atoms with van der Waals surface area (Å²) in [5.41, 5.74) is 0.836. The van der Waals surface area contributed by atoms with Crippen LogP contribution in [-0.2, 0) is 10.3 Å². The Kier molecular flexibility index (Phi) is 7.94. The molecular formula is C22H25Cl2NO4. The Morgan fingerprint density at radius 2 is 1.76 bits per heavy atom. The van der Waals surface area contributed by atoms with Crippen LogP contribution in [0.1, 0.15) is 49.5 Å². The van der Waals surface area contributed by atoms with Gasteiger partial charge in [-0.3, -0.25) is 9.59 Å². The van der Waals surface area contributed by atoms with Gasteiger partial charge >= 0.3 is 0 Å². The van der Waals surface area contributed by atoms with Crippen LogP contribution in [0.25, 0.3) is 0 Å². The van der Waals surface area contributed by atoms with E-state index in [0.717, 1.165) is 5.56 Å². The average Bonchev–Trinajstić information content (AvgIpc) is 2.66. The SMILES string of the molecule is COc1cc(C(C)=O)ccc1OCCCC(=O)NC(C)(C)c1ccc(Cl)c(Cl)c1. The summed E-state index contributed by atoms with van der Waals surface area (Å²) in [5.74, 6) is 0.886. The van der Waals surface area contributed by atoms with Gasteiger partial charge in [0.2, 0.25) is 5.91 Å². The molecule has 0 saturated heterocycles. The van der Waals surface area contributed by atoms with Crippen molar-refractivity contribution >= 4 is 34.9 Å². The Balaban J connectivity index is 1.87. The molecule has 2 rings (SSSR count). The number of carbonyl (C=O) groups excluding carboxylic acids is 2. The van der Waals surface area contributed by atoms with Crippen molar-refractivity contribution in [3.63, 3.8) is 0 Å². The minimum Gasteiger partial charge on any atom is -0.493 e. The summed E-state index contributed by atoms with van der Waals surface area (Å²) < 4.78 is 11.0. The van der Waals surface area contributed by atoms with Gasteiger partial charge in [0.1, 0.15) is 0 Å². The van der Waals surface area contributed by atoms with Gasteiger partial charge in [0.05, 0.1) is 29.3 Å². The molecule has 5 nitrogen and oxygen atoms in total. The van der Waals surface area contributed by atoms with Gasteiger partial charge in [0, 0.05) is 12.0 Å². The van der Waals surface area contributed by atoms with Gasteiger partial charge in [0.15, 0.2) is 17.3 Å². The highest BCUT2D eigenvalue weighted by atomic mass is 35.5. The van der Waals surface area contributed by atoms with E-state index >= 15 is 0 Å². The van der Waals surface area contributed by atoms with E-state index in [1.165, 1.54) is 14.0 Å². The first-order chi connectivity index (χ1) is 13.6. The standard InChI is InChI=1S/C22H25Cl2NO4/c1-14(26)15-7-10-19(20(12-15)28-4)29-11-5-6-21(27)25-22(2,3)16-8-9-17(23)18(24)13-16/h7-10,12-13H,5-6,11H2,1-4H3,(H,25,27). The van der Waals surface area contributed by atoms with Crippen LogP contribution in [0.3, 0.4) is 0 Å². The molecule has 156 valence electrons. The third kappa shape index (κ3) is 6.38. The van der Waals surface area contributed by atoms with E-state index in [1.807, 2.05) is 19.9 Å². The van der Waals surface area contributed by atoms with Crippen LogP contribution in [0.5, 0.6) is 11.5 Å². The average molecular weight is 438 g/mol. The molecule has 1 amide bonds. The number of hydrogen-bond donors (Lipinski definition) is 1. The number of benzene rings is 2. The predicted octanol–water partition coefficient (Wildman–Crippen LogP) is 5.42. The van der Waals surface area contributed by atoms with Crippen molar-refractivity contribution in [3.05, 3.63) is 57.6 Å². The van der Waals surface area contributed by atoms with Crippen molar-refractivity contribution in [3.8, 4) is 11.5 Å². The number of hydrogen-bond acceptors (Lipinski definition) is 4. The molecule has 0 heterocycles. The quantitative estimate of drug-likeness (QED) is 0.420. The Bertz CT molecular complexity index is 896. The first-order valence-corrected chi connectivity index (χ1v) is 9.98. The molecule has 0 fully saturated rings. The zero-order chi connectivity index (χ0) is 21.6. The number of halogens is 2. The van der Waals surface area contributed by atoms with Crippen molar-refractivity contribution in [2.24, 2.45) is 0 Å². The molecular weight excluding hydrogens is 413 g/mol. The lowest BCUT2D eigenvalue weighted by molar-refractivity contribution is -0.123. The number of rotatable bonds is 9. The molecule has 0 bridgehead atoms. The monoisotopic (exact) mass is 437 g/mol. The van der Waals surface area contributed by atoms with Crippen LogP contribution in [0.4, 0.5) is 0 Å². The first-order valence-electron chi connectivity index (χ1n) is 9.22. The number of methoxy groups -OCH3 is 1. The van der Waals surface area contributed by atoms with Crippen molar-refractivity contribution in [2.75, 3.05) is 13.7 Å². The van der Waals surface area contributed by atoms with Crippen molar-refractivity contribution in [2.45, 2.75) is 39.2 Å². The summed E-state index contributed by atoms with van der Waals surface area (Å²) in [7, 11) is 1.52. The first kappa shape index (κ1) is 23.0. The Labute approximate surface area is 181 Å². The third-order valence-electron chi connectivity index (χ3n) is 4.47. The topological polar surface area (TPSA) is 64.6 Å². The Morgan fingerprint density at radius 1 is 1.03 bits per heavy atom. The number of ketones is 1. The third-order valence-corrected chi connectivity index (χ3v) is 5.21. The molecule has 0 radical (unpaired) electrons. The van der Waals surface area contributed by atoms with E-state index in [9.17, 15) is 9.59 Å². The Hall–Kier alpha value is -2.24. The maximum absolute atomic E-state index is 12.4. The molecule has 0 aliphatic heterocycles. The van der Waals surface area contributed by atoms with Gasteiger partial charge in [-0.1, -0.05) is 29.3 Å². The van der Waals surface area contributed by atoms with Gasteiger partial charge in [-0.15, -0.1) is 0 Å². The second-order valence-corrected chi connectivity index (χ2v) is 7.99. The van der Waals surface area contributed by atoms with Crippen molar-refractivity contribution < 1.29 is 19.1 Å². The van der Waals surface area contributed by atoms with Gasteiger partial charge in [-0.25, -0.2) is 0 Å². The molecule has 7 heteroatoms. The van der Waals surface area contributed by atoms with E-state index < -0.39 is 5.54 Å². The van der Waals surface area contributed by atoms with Crippen LogP contribution in [0, 0.1) is 0 Å². The van der Waals surface area contributed by atoms with Crippen LogP contribution in [0.15, 0.2) is 36.4 Å². The number of carbonyl (C=O) groups is 2. The fourth-order valence-corrected chi connectivity index (χ4v) is 3.09. The van der Waals surface area contributed by atoms with E-state index in [-0.39, 0.29) is 11.7 Å². The molecule has 2 aromatic rings. The smallest absolute Gasteiger partial charge is 0.220 e. The maximum atomic E-state index is 12.4. The number of nitrogens with one attached hydrogen (secondary N) is 1. The van der Waals surface area contributed by atoms with Crippen LogP contribution < -0.4 is 14.8 Å². The summed E-state index contributed by atoms with van der Waals surface area (Å²) in [6.45, 7) is 5.65. The summed E-state index contributed by atoms with van der Waals surface area (Å²) in [5, 5.41) is 3.92. The molecule has 0 saturated carbocycles.